The standard InChI is InChI=1S/C12H13F2N3O2S/c1-20(18,19)6-5-17-7-10(15)12(16-17)8-3-2-4-9(13)11(8)14/h2-4,7H,5-6,15H2,1H3. The monoisotopic (exact) mass is 301 g/mol. The minimum atomic E-state index is -3.14. The van der Waals surface area contributed by atoms with Crippen LogP contribution in [0.15, 0.2) is 24.4 Å². The van der Waals surface area contributed by atoms with Crippen LogP contribution in [0.25, 0.3) is 11.3 Å². The Bertz CT molecular complexity index is 741. The highest BCUT2D eigenvalue weighted by Crippen LogP contribution is 2.27. The molecule has 0 bridgehead atoms. The SMILES string of the molecule is CS(=O)(=O)CCn1cc(N)c(-c2cccc(F)c2F)n1. The fraction of sp³-hybridized carbons (Fsp3) is 0.250. The third-order valence-electron chi connectivity index (χ3n) is 2.69. The highest BCUT2D eigenvalue weighted by molar-refractivity contribution is 7.90. The minimum Gasteiger partial charge on any atom is -0.396 e. The first-order valence-corrected chi connectivity index (χ1v) is 7.79. The van der Waals surface area contributed by atoms with Crippen LogP contribution in [0, 0.1) is 11.6 Å². The molecule has 0 spiro atoms. The Balaban J connectivity index is 2.34. The maximum absolute atomic E-state index is 13.7. The normalized spacial score (nSPS) is 11.8. The van der Waals surface area contributed by atoms with Crippen LogP contribution < -0.4 is 5.73 Å². The van der Waals surface area contributed by atoms with Crippen LogP contribution in [0.4, 0.5) is 14.5 Å². The van der Waals surface area contributed by atoms with Gasteiger partial charge in [-0.3, -0.25) is 4.68 Å². The molecule has 0 atom stereocenters. The van der Waals surface area contributed by atoms with Crippen molar-refractivity contribution in [1.82, 2.24) is 9.78 Å². The van der Waals surface area contributed by atoms with E-state index in [1.165, 1.54) is 23.0 Å². The summed E-state index contributed by atoms with van der Waals surface area (Å²) in [5.74, 6) is -2.14. The maximum Gasteiger partial charge on any atom is 0.168 e. The quantitative estimate of drug-likeness (QED) is 0.927. The average molecular weight is 301 g/mol. The van der Waals surface area contributed by atoms with Crippen LogP contribution in [0.2, 0.25) is 0 Å². The Morgan fingerprint density at radius 2 is 2.05 bits per heavy atom. The van der Waals surface area contributed by atoms with Crippen molar-refractivity contribution in [3.63, 3.8) is 0 Å². The molecule has 0 saturated carbocycles. The number of hydrogen-bond acceptors (Lipinski definition) is 4. The summed E-state index contributed by atoms with van der Waals surface area (Å²) < 4.78 is 50.3. The van der Waals surface area contributed by atoms with Crippen molar-refractivity contribution in [3.05, 3.63) is 36.0 Å². The van der Waals surface area contributed by atoms with Crippen molar-refractivity contribution in [1.29, 1.82) is 0 Å². The molecule has 2 aromatic rings. The summed E-state index contributed by atoms with van der Waals surface area (Å²) in [4.78, 5) is 0. The summed E-state index contributed by atoms with van der Waals surface area (Å²) in [5.41, 5.74) is 5.90. The Morgan fingerprint density at radius 3 is 2.70 bits per heavy atom. The zero-order valence-electron chi connectivity index (χ0n) is 10.7. The number of rotatable bonds is 4. The lowest BCUT2D eigenvalue weighted by Gasteiger charge is -2.02. The first-order chi connectivity index (χ1) is 9.28. The predicted molar refractivity (Wildman–Crippen MR) is 71.7 cm³/mol. The molecule has 2 rings (SSSR count). The second-order valence-corrected chi connectivity index (χ2v) is 6.69. The first kappa shape index (κ1) is 14.4. The molecule has 0 aliphatic heterocycles. The van der Waals surface area contributed by atoms with Gasteiger partial charge >= 0.3 is 0 Å². The van der Waals surface area contributed by atoms with Gasteiger partial charge in [-0.25, -0.2) is 17.2 Å². The van der Waals surface area contributed by atoms with Crippen LogP contribution in [0.1, 0.15) is 0 Å². The van der Waals surface area contributed by atoms with E-state index in [0.29, 0.717) is 0 Å². The molecular formula is C12H13F2N3O2S. The van der Waals surface area contributed by atoms with Gasteiger partial charge in [0.25, 0.3) is 0 Å². The van der Waals surface area contributed by atoms with Crippen LogP contribution in [0.3, 0.4) is 0 Å². The van der Waals surface area contributed by atoms with Crippen molar-refractivity contribution >= 4 is 15.5 Å². The van der Waals surface area contributed by atoms with E-state index < -0.39 is 21.5 Å². The number of benzene rings is 1. The number of nitrogen functional groups attached to an aromatic ring is 1. The van der Waals surface area contributed by atoms with E-state index in [1.807, 2.05) is 0 Å². The number of hydrogen-bond donors (Lipinski definition) is 1. The van der Waals surface area contributed by atoms with Crippen molar-refractivity contribution in [2.45, 2.75) is 6.54 Å². The molecule has 0 unspecified atom stereocenters. The van der Waals surface area contributed by atoms with Gasteiger partial charge < -0.3 is 5.73 Å². The molecule has 0 aliphatic carbocycles. The van der Waals surface area contributed by atoms with E-state index in [2.05, 4.69) is 5.10 Å². The summed E-state index contributed by atoms with van der Waals surface area (Å²) in [7, 11) is -3.14. The molecule has 5 nitrogen and oxygen atoms in total. The third kappa shape index (κ3) is 3.13. The molecular weight excluding hydrogens is 288 g/mol. The van der Waals surface area contributed by atoms with E-state index in [0.717, 1.165) is 12.3 Å². The topological polar surface area (TPSA) is 78.0 Å². The number of halogens is 2. The highest BCUT2D eigenvalue weighted by Gasteiger charge is 2.16. The number of nitrogens with two attached hydrogens (primary N) is 1. The smallest absolute Gasteiger partial charge is 0.168 e. The molecule has 1 aromatic carbocycles. The predicted octanol–water partition coefficient (Wildman–Crippen LogP) is 1.46. The number of sulfone groups is 1. The number of nitrogens with zero attached hydrogens (tertiary/aromatic N) is 2. The van der Waals surface area contributed by atoms with Gasteiger partial charge in [-0.2, -0.15) is 5.10 Å². The first-order valence-electron chi connectivity index (χ1n) is 5.73. The van der Waals surface area contributed by atoms with Gasteiger partial charge in [0, 0.05) is 18.0 Å². The summed E-state index contributed by atoms with van der Waals surface area (Å²) in [6.07, 6.45) is 2.50. The molecule has 2 N–H and O–H groups in total. The van der Waals surface area contributed by atoms with Gasteiger partial charge in [-0.1, -0.05) is 6.07 Å². The number of aromatic nitrogens is 2. The number of aryl methyl sites for hydroxylation is 1. The van der Waals surface area contributed by atoms with Crippen molar-refractivity contribution in [2.75, 3.05) is 17.7 Å². The van der Waals surface area contributed by atoms with Crippen molar-refractivity contribution in [3.8, 4) is 11.3 Å². The van der Waals surface area contributed by atoms with Crippen LogP contribution in [0.5, 0.6) is 0 Å². The Labute approximate surface area is 114 Å². The molecule has 0 saturated heterocycles. The largest absolute Gasteiger partial charge is 0.396 e. The van der Waals surface area contributed by atoms with Gasteiger partial charge in [-0.05, 0) is 12.1 Å². The van der Waals surface area contributed by atoms with E-state index in [1.54, 1.807) is 0 Å². The lowest BCUT2D eigenvalue weighted by molar-refractivity contribution is 0.510. The average Bonchev–Trinajstić information content (AvgIpc) is 2.71. The van der Waals surface area contributed by atoms with Gasteiger partial charge in [0.15, 0.2) is 11.6 Å². The third-order valence-corrected chi connectivity index (χ3v) is 3.61. The molecule has 0 fully saturated rings. The number of anilines is 1. The summed E-state index contributed by atoms with van der Waals surface area (Å²) >= 11 is 0. The summed E-state index contributed by atoms with van der Waals surface area (Å²) in [5, 5.41) is 4.01. The zero-order valence-corrected chi connectivity index (χ0v) is 11.5. The molecule has 0 amide bonds. The molecule has 0 radical (unpaired) electrons. The second-order valence-electron chi connectivity index (χ2n) is 4.43. The van der Waals surface area contributed by atoms with Crippen LogP contribution in [-0.2, 0) is 16.4 Å². The van der Waals surface area contributed by atoms with Crippen LogP contribution >= 0.6 is 0 Å². The molecule has 0 aliphatic rings. The fourth-order valence-electron chi connectivity index (χ4n) is 1.71. The molecule has 108 valence electrons. The Kier molecular flexibility index (Phi) is 3.76. The lowest BCUT2D eigenvalue weighted by Crippen LogP contribution is -2.11. The van der Waals surface area contributed by atoms with E-state index in [4.69, 9.17) is 5.73 Å². The lowest BCUT2D eigenvalue weighted by atomic mass is 10.1. The van der Waals surface area contributed by atoms with E-state index in [-0.39, 0.29) is 29.2 Å². The van der Waals surface area contributed by atoms with Crippen molar-refractivity contribution in [2.24, 2.45) is 0 Å². The van der Waals surface area contributed by atoms with Crippen LogP contribution in [-0.4, -0.2) is 30.2 Å². The van der Waals surface area contributed by atoms with E-state index in [9.17, 15) is 17.2 Å². The van der Waals surface area contributed by atoms with Gasteiger partial charge in [0.1, 0.15) is 15.5 Å². The van der Waals surface area contributed by atoms with Gasteiger partial charge in [-0.15, -0.1) is 0 Å². The molecule has 1 heterocycles. The van der Waals surface area contributed by atoms with Gasteiger partial charge in [0.2, 0.25) is 0 Å². The Hall–Kier alpha value is -1.96. The minimum absolute atomic E-state index is 0.0550. The van der Waals surface area contributed by atoms with Gasteiger partial charge in [0.05, 0.1) is 18.0 Å². The summed E-state index contributed by atoms with van der Waals surface area (Å²) in [6, 6.07) is 3.70. The summed E-state index contributed by atoms with van der Waals surface area (Å²) in [6.45, 7) is 0.0972. The van der Waals surface area contributed by atoms with E-state index >= 15 is 0 Å². The molecule has 20 heavy (non-hydrogen) atoms. The highest BCUT2D eigenvalue weighted by atomic mass is 32.2. The maximum atomic E-state index is 13.7. The fourth-order valence-corrected chi connectivity index (χ4v) is 2.23. The Morgan fingerprint density at radius 1 is 1.35 bits per heavy atom. The molecule has 1 aromatic heterocycles. The zero-order chi connectivity index (χ0) is 14.9. The molecule has 8 heteroatoms. The van der Waals surface area contributed by atoms with Crippen molar-refractivity contribution < 1.29 is 17.2 Å². The second kappa shape index (κ2) is 5.20.